The molecule has 1 aromatic carbocycles. The van der Waals surface area contributed by atoms with Gasteiger partial charge in [0.05, 0.1) is 6.61 Å². The number of hydrogen-bond donors (Lipinski definition) is 1. The van der Waals surface area contributed by atoms with E-state index in [4.69, 9.17) is 4.74 Å². The Morgan fingerprint density at radius 3 is 2.53 bits per heavy atom. The lowest BCUT2D eigenvalue weighted by Gasteiger charge is -2.33. The minimum atomic E-state index is 0.679. The molecule has 2 atom stereocenters. The van der Waals surface area contributed by atoms with E-state index in [1.165, 1.54) is 11.3 Å². The monoisotopic (exact) mass is 262 g/mol. The van der Waals surface area contributed by atoms with Crippen molar-refractivity contribution in [2.24, 2.45) is 11.8 Å². The molecule has 0 radical (unpaired) electrons. The Labute approximate surface area is 116 Å². The van der Waals surface area contributed by atoms with Crippen LogP contribution in [-0.2, 0) is 11.3 Å². The fourth-order valence-corrected chi connectivity index (χ4v) is 2.75. The van der Waals surface area contributed by atoms with Gasteiger partial charge in [-0.25, -0.2) is 0 Å². The number of nitrogens with zero attached hydrogens (tertiary/aromatic N) is 1. The van der Waals surface area contributed by atoms with Gasteiger partial charge >= 0.3 is 0 Å². The maximum Gasteiger partial charge on any atom is 0.0713 e. The third kappa shape index (κ3) is 4.22. The summed E-state index contributed by atoms with van der Waals surface area (Å²) in [6.07, 6.45) is 0. The molecule has 0 aliphatic carbocycles. The third-order valence-electron chi connectivity index (χ3n) is 3.64. The van der Waals surface area contributed by atoms with E-state index in [1.54, 1.807) is 7.11 Å². The van der Waals surface area contributed by atoms with Crippen molar-refractivity contribution in [1.29, 1.82) is 0 Å². The van der Waals surface area contributed by atoms with Gasteiger partial charge < -0.3 is 15.0 Å². The second-order valence-electron chi connectivity index (χ2n) is 5.88. The molecule has 0 amide bonds. The molecule has 1 fully saturated rings. The molecule has 1 N–H and O–H groups in total. The molecule has 0 bridgehead atoms. The zero-order valence-corrected chi connectivity index (χ0v) is 12.4. The van der Waals surface area contributed by atoms with Gasteiger partial charge in [-0.05, 0) is 42.6 Å². The first-order chi connectivity index (χ1) is 9.19. The SMILES string of the molecule is COCc1cccc(N2CC(C)CNCC(C)C2)c1. The summed E-state index contributed by atoms with van der Waals surface area (Å²) in [5.41, 5.74) is 2.58. The van der Waals surface area contributed by atoms with Gasteiger partial charge in [0.1, 0.15) is 0 Å². The van der Waals surface area contributed by atoms with Gasteiger partial charge in [-0.3, -0.25) is 0 Å². The van der Waals surface area contributed by atoms with Crippen molar-refractivity contribution in [3.8, 4) is 0 Å². The normalized spacial score (nSPS) is 24.9. The fourth-order valence-electron chi connectivity index (χ4n) is 2.75. The van der Waals surface area contributed by atoms with E-state index < -0.39 is 0 Å². The molecule has 0 saturated carbocycles. The first-order valence-corrected chi connectivity index (χ1v) is 7.22. The van der Waals surface area contributed by atoms with Crippen molar-refractivity contribution >= 4 is 5.69 Å². The maximum atomic E-state index is 5.23. The summed E-state index contributed by atoms with van der Waals surface area (Å²) < 4.78 is 5.23. The van der Waals surface area contributed by atoms with E-state index in [2.05, 4.69) is 48.3 Å². The Morgan fingerprint density at radius 2 is 1.89 bits per heavy atom. The minimum Gasteiger partial charge on any atom is -0.380 e. The van der Waals surface area contributed by atoms with E-state index in [9.17, 15) is 0 Å². The van der Waals surface area contributed by atoms with Crippen LogP contribution in [0.4, 0.5) is 5.69 Å². The third-order valence-corrected chi connectivity index (χ3v) is 3.64. The molecule has 1 aromatic rings. The molecule has 106 valence electrons. The van der Waals surface area contributed by atoms with Crippen LogP contribution in [-0.4, -0.2) is 33.3 Å². The zero-order valence-electron chi connectivity index (χ0n) is 12.4. The lowest BCUT2D eigenvalue weighted by atomic mass is 10.0. The predicted molar refractivity (Wildman–Crippen MR) is 80.6 cm³/mol. The van der Waals surface area contributed by atoms with Crippen LogP contribution in [0.5, 0.6) is 0 Å². The van der Waals surface area contributed by atoms with Crippen molar-refractivity contribution in [3.05, 3.63) is 29.8 Å². The highest BCUT2D eigenvalue weighted by atomic mass is 16.5. The summed E-state index contributed by atoms with van der Waals surface area (Å²) in [4.78, 5) is 2.52. The van der Waals surface area contributed by atoms with Crippen LogP contribution in [0.2, 0.25) is 0 Å². The molecular formula is C16H26N2O. The number of anilines is 1. The first kappa shape index (κ1) is 14.4. The van der Waals surface area contributed by atoms with Crippen molar-refractivity contribution in [2.75, 3.05) is 38.2 Å². The summed E-state index contributed by atoms with van der Waals surface area (Å²) >= 11 is 0. The molecule has 1 heterocycles. The molecule has 2 unspecified atom stereocenters. The first-order valence-electron chi connectivity index (χ1n) is 7.22. The molecule has 1 aliphatic rings. The second-order valence-corrected chi connectivity index (χ2v) is 5.88. The number of ether oxygens (including phenoxy) is 1. The fraction of sp³-hybridized carbons (Fsp3) is 0.625. The predicted octanol–water partition coefficient (Wildman–Crippen LogP) is 2.51. The molecule has 3 heteroatoms. The van der Waals surface area contributed by atoms with Gasteiger partial charge in [-0.1, -0.05) is 26.0 Å². The number of benzene rings is 1. The molecule has 2 rings (SSSR count). The van der Waals surface area contributed by atoms with Crippen LogP contribution in [0, 0.1) is 11.8 Å². The summed E-state index contributed by atoms with van der Waals surface area (Å²) in [7, 11) is 1.75. The van der Waals surface area contributed by atoms with Crippen LogP contribution >= 0.6 is 0 Å². The molecule has 3 nitrogen and oxygen atoms in total. The van der Waals surface area contributed by atoms with Crippen LogP contribution in [0.25, 0.3) is 0 Å². The molecule has 1 saturated heterocycles. The minimum absolute atomic E-state index is 0.679. The summed E-state index contributed by atoms with van der Waals surface area (Å²) in [6, 6.07) is 8.74. The van der Waals surface area contributed by atoms with E-state index in [-0.39, 0.29) is 0 Å². The lowest BCUT2D eigenvalue weighted by molar-refractivity contribution is 0.185. The van der Waals surface area contributed by atoms with Gasteiger partial charge in [0.25, 0.3) is 0 Å². The van der Waals surface area contributed by atoms with E-state index in [0.29, 0.717) is 18.4 Å². The Kier molecular flexibility index (Phi) is 5.23. The van der Waals surface area contributed by atoms with Crippen molar-refractivity contribution in [3.63, 3.8) is 0 Å². The summed E-state index contributed by atoms with van der Waals surface area (Å²) in [5, 5.41) is 3.54. The van der Waals surface area contributed by atoms with Gasteiger partial charge in [-0.2, -0.15) is 0 Å². The number of nitrogens with one attached hydrogen (secondary N) is 1. The molecule has 19 heavy (non-hydrogen) atoms. The van der Waals surface area contributed by atoms with Crippen LogP contribution in [0.3, 0.4) is 0 Å². The summed E-state index contributed by atoms with van der Waals surface area (Å²) in [5.74, 6) is 1.36. The lowest BCUT2D eigenvalue weighted by Crippen LogP contribution is -2.42. The number of methoxy groups -OCH3 is 1. The standard InChI is InChI=1S/C16H26N2O/c1-13-8-17-9-14(2)11-18(10-13)16-6-4-5-15(7-16)12-19-3/h4-7,13-14,17H,8-12H2,1-3H3. The highest BCUT2D eigenvalue weighted by Gasteiger charge is 2.17. The highest BCUT2D eigenvalue weighted by Crippen LogP contribution is 2.20. The average Bonchev–Trinajstić information content (AvgIpc) is 2.37. The number of hydrogen-bond acceptors (Lipinski definition) is 3. The molecule has 0 spiro atoms. The maximum absolute atomic E-state index is 5.23. The van der Waals surface area contributed by atoms with E-state index >= 15 is 0 Å². The zero-order chi connectivity index (χ0) is 13.7. The van der Waals surface area contributed by atoms with Gasteiger partial charge in [0.2, 0.25) is 0 Å². The second kappa shape index (κ2) is 6.92. The van der Waals surface area contributed by atoms with Gasteiger partial charge in [0, 0.05) is 25.9 Å². The van der Waals surface area contributed by atoms with E-state index in [1.807, 2.05) is 0 Å². The smallest absolute Gasteiger partial charge is 0.0713 e. The van der Waals surface area contributed by atoms with Crippen molar-refractivity contribution < 1.29 is 4.74 Å². The molecule has 1 aliphatic heterocycles. The molecule has 0 aromatic heterocycles. The van der Waals surface area contributed by atoms with E-state index in [0.717, 1.165) is 26.2 Å². The van der Waals surface area contributed by atoms with Crippen molar-refractivity contribution in [1.82, 2.24) is 5.32 Å². The Bertz CT molecular complexity index is 382. The van der Waals surface area contributed by atoms with Gasteiger partial charge in [-0.15, -0.1) is 0 Å². The topological polar surface area (TPSA) is 24.5 Å². The van der Waals surface area contributed by atoms with Crippen LogP contribution < -0.4 is 10.2 Å². The average molecular weight is 262 g/mol. The molecular weight excluding hydrogens is 236 g/mol. The highest BCUT2D eigenvalue weighted by molar-refractivity contribution is 5.48. The van der Waals surface area contributed by atoms with Crippen LogP contribution in [0.15, 0.2) is 24.3 Å². The van der Waals surface area contributed by atoms with Gasteiger partial charge in [0.15, 0.2) is 0 Å². The largest absolute Gasteiger partial charge is 0.380 e. The Balaban J connectivity index is 2.14. The number of rotatable bonds is 3. The Morgan fingerprint density at radius 1 is 1.21 bits per heavy atom. The summed E-state index contributed by atoms with van der Waals surface area (Å²) in [6.45, 7) is 9.77. The van der Waals surface area contributed by atoms with Crippen molar-refractivity contribution in [2.45, 2.75) is 20.5 Å². The quantitative estimate of drug-likeness (QED) is 0.906. The van der Waals surface area contributed by atoms with Crippen LogP contribution in [0.1, 0.15) is 19.4 Å². The Hall–Kier alpha value is -1.06.